The number of carbonyl (C=O) groups excluding carboxylic acids is 1. The van der Waals surface area contributed by atoms with Crippen LogP contribution < -0.4 is 10.1 Å². The van der Waals surface area contributed by atoms with E-state index in [1.807, 2.05) is 12.1 Å². The number of hydrogen-bond donors (Lipinski definition) is 2. The molecule has 24 heavy (non-hydrogen) atoms. The van der Waals surface area contributed by atoms with Crippen molar-refractivity contribution in [2.75, 3.05) is 5.32 Å². The number of rotatable bonds is 5. The summed E-state index contributed by atoms with van der Waals surface area (Å²) in [5.41, 5.74) is 2.12. The van der Waals surface area contributed by atoms with E-state index in [0.717, 1.165) is 30.5 Å². The van der Waals surface area contributed by atoms with E-state index in [1.165, 1.54) is 6.92 Å². The molecule has 1 fully saturated rings. The van der Waals surface area contributed by atoms with Gasteiger partial charge in [-0.05, 0) is 31.2 Å². The molecular formula is C17H23N5O2. The van der Waals surface area contributed by atoms with Crippen molar-refractivity contribution in [2.45, 2.75) is 58.0 Å². The Kier molecular flexibility index (Phi) is 4.78. The van der Waals surface area contributed by atoms with Crippen LogP contribution in [0.1, 0.15) is 63.1 Å². The van der Waals surface area contributed by atoms with Gasteiger partial charge in [0.2, 0.25) is 11.8 Å². The molecule has 2 atom stereocenters. The Balaban J connectivity index is 1.64. The Labute approximate surface area is 141 Å². The van der Waals surface area contributed by atoms with Gasteiger partial charge in [-0.25, -0.2) is 0 Å². The number of carbonyl (C=O) groups is 1. The van der Waals surface area contributed by atoms with E-state index in [-0.39, 0.29) is 12.0 Å². The molecule has 3 rings (SSSR count). The number of H-pyrrole nitrogens is 1. The number of ether oxygens (including phenoxy) is 1. The Bertz CT molecular complexity index is 713. The third-order valence-electron chi connectivity index (χ3n) is 4.34. The van der Waals surface area contributed by atoms with Crippen molar-refractivity contribution in [2.24, 2.45) is 0 Å². The van der Waals surface area contributed by atoms with Gasteiger partial charge in [0.05, 0.1) is 6.20 Å². The SMILES string of the molecule is CC(=O)Nc1cc([C@@H]2CC[C@H](Oc3nnccc3C(C)C)C2)[nH]n1. The fourth-order valence-electron chi connectivity index (χ4n) is 3.14. The fourth-order valence-corrected chi connectivity index (χ4v) is 3.14. The largest absolute Gasteiger partial charge is 0.473 e. The Morgan fingerprint density at radius 1 is 1.42 bits per heavy atom. The zero-order valence-corrected chi connectivity index (χ0v) is 14.2. The van der Waals surface area contributed by atoms with Crippen molar-refractivity contribution < 1.29 is 9.53 Å². The first-order chi connectivity index (χ1) is 11.5. The molecule has 1 saturated carbocycles. The van der Waals surface area contributed by atoms with E-state index in [4.69, 9.17) is 4.74 Å². The molecule has 1 aliphatic rings. The number of nitrogens with one attached hydrogen (secondary N) is 2. The summed E-state index contributed by atoms with van der Waals surface area (Å²) in [6, 6.07) is 3.87. The first-order valence-corrected chi connectivity index (χ1v) is 8.34. The lowest BCUT2D eigenvalue weighted by molar-refractivity contribution is -0.114. The number of aromatic amines is 1. The Morgan fingerprint density at radius 3 is 3.00 bits per heavy atom. The molecule has 2 heterocycles. The summed E-state index contributed by atoms with van der Waals surface area (Å²) in [5.74, 6) is 1.79. The van der Waals surface area contributed by atoms with Crippen LogP contribution in [0, 0.1) is 0 Å². The normalized spacial score (nSPS) is 20.3. The predicted molar refractivity (Wildman–Crippen MR) is 90.0 cm³/mol. The molecular weight excluding hydrogens is 306 g/mol. The van der Waals surface area contributed by atoms with Crippen LogP contribution in [0.15, 0.2) is 18.3 Å². The molecule has 0 aromatic carbocycles. The average molecular weight is 329 g/mol. The van der Waals surface area contributed by atoms with Crippen molar-refractivity contribution in [1.29, 1.82) is 0 Å². The Hall–Kier alpha value is -2.44. The molecule has 0 aliphatic heterocycles. The molecule has 7 heteroatoms. The molecule has 1 aliphatic carbocycles. The maximum Gasteiger partial charge on any atom is 0.237 e. The molecule has 2 aromatic heterocycles. The second-order valence-corrected chi connectivity index (χ2v) is 6.59. The minimum absolute atomic E-state index is 0.121. The van der Waals surface area contributed by atoms with Crippen LogP contribution >= 0.6 is 0 Å². The van der Waals surface area contributed by atoms with E-state index < -0.39 is 0 Å². The molecule has 0 radical (unpaired) electrons. The van der Waals surface area contributed by atoms with Crippen LogP contribution in [0.4, 0.5) is 5.82 Å². The zero-order chi connectivity index (χ0) is 17.1. The van der Waals surface area contributed by atoms with E-state index in [1.54, 1.807) is 6.20 Å². The maximum atomic E-state index is 11.1. The number of anilines is 1. The summed E-state index contributed by atoms with van der Waals surface area (Å²) < 4.78 is 6.11. The molecule has 0 unspecified atom stereocenters. The van der Waals surface area contributed by atoms with Gasteiger partial charge < -0.3 is 10.1 Å². The molecule has 2 N–H and O–H groups in total. The number of aromatic nitrogens is 4. The van der Waals surface area contributed by atoms with Gasteiger partial charge in [-0.3, -0.25) is 9.89 Å². The van der Waals surface area contributed by atoms with Gasteiger partial charge in [0.15, 0.2) is 5.82 Å². The number of amides is 1. The standard InChI is InChI=1S/C17H23N5O2/c1-10(2)14-6-7-18-22-17(14)24-13-5-4-12(8-13)15-9-16(21-20-15)19-11(3)23/h6-7,9-10,12-13H,4-5,8H2,1-3H3,(H2,19,20,21,23)/t12-,13+/m1/s1. The lowest BCUT2D eigenvalue weighted by Crippen LogP contribution is -2.15. The summed E-state index contributed by atoms with van der Waals surface area (Å²) in [5, 5.41) is 17.9. The predicted octanol–water partition coefficient (Wildman–Crippen LogP) is 3.00. The molecule has 0 saturated heterocycles. The van der Waals surface area contributed by atoms with Gasteiger partial charge in [-0.1, -0.05) is 13.8 Å². The fraction of sp³-hybridized carbons (Fsp3) is 0.529. The lowest BCUT2D eigenvalue weighted by atomic mass is 10.0. The molecule has 7 nitrogen and oxygen atoms in total. The number of hydrogen-bond acceptors (Lipinski definition) is 5. The molecule has 128 valence electrons. The van der Waals surface area contributed by atoms with Crippen LogP contribution in [-0.4, -0.2) is 32.4 Å². The minimum atomic E-state index is -0.121. The van der Waals surface area contributed by atoms with Crippen molar-refractivity contribution in [1.82, 2.24) is 20.4 Å². The van der Waals surface area contributed by atoms with Gasteiger partial charge >= 0.3 is 0 Å². The Morgan fingerprint density at radius 2 is 2.25 bits per heavy atom. The molecule has 1 amide bonds. The highest BCUT2D eigenvalue weighted by Gasteiger charge is 2.29. The van der Waals surface area contributed by atoms with Gasteiger partial charge in [-0.15, -0.1) is 5.10 Å². The molecule has 0 bridgehead atoms. The molecule has 2 aromatic rings. The summed E-state index contributed by atoms with van der Waals surface area (Å²) >= 11 is 0. The van der Waals surface area contributed by atoms with E-state index >= 15 is 0 Å². The van der Waals surface area contributed by atoms with Gasteiger partial charge in [0.1, 0.15) is 6.10 Å². The summed E-state index contributed by atoms with van der Waals surface area (Å²) in [4.78, 5) is 11.1. The smallest absolute Gasteiger partial charge is 0.237 e. The quantitative estimate of drug-likeness (QED) is 0.879. The van der Waals surface area contributed by atoms with Crippen LogP contribution in [0.25, 0.3) is 0 Å². The van der Waals surface area contributed by atoms with Gasteiger partial charge in [0.25, 0.3) is 0 Å². The first kappa shape index (κ1) is 16.4. The maximum absolute atomic E-state index is 11.1. The highest BCUT2D eigenvalue weighted by molar-refractivity contribution is 5.87. The zero-order valence-electron chi connectivity index (χ0n) is 14.2. The monoisotopic (exact) mass is 329 g/mol. The average Bonchev–Trinajstić information content (AvgIpc) is 3.16. The van der Waals surface area contributed by atoms with Crippen molar-refractivity contribution in [3.8, 4) is 5.88 Å². The first-order valence-electron chi connectivity index (χ1n) is 8.34. The lowest BCUT2D eigenvalue weighted by Gasteiger charge is -2.16. The van der Waals surface area contributed by atoms with E-state index in [0.29, 0.717) is 23.5 Å². The van der Waals surface area contributed by atoms with E-state index in [9.17, 15) is 4.79 Å². The second-order valence-electron chi connectivity index (χ2n) is 6.59. The van der Waals surface area contributed by atoms with Crippen LogP contribution in [0.2, 0.25) is 0 Å². The van der Waals surface area contributed by atoms with Crippen LogP contribution in [0.3, 0.4) is 0 Å². The molecule has 0 spiro atoms. The topological polar surface area (TPSA) is 92.8 Å². The van der Waals surface area contributed by atoms with Crippen molar-refractivity contribution in [3.63, 3.8) is 0 Å². The summed E-state index contributed by atoms with van der Waals surface area (Å²) in [7, 11) is 0. The van der Waals surface area contributed by atoms with Crippen molar-refractivity contribution >= 4 is 11.7 Å². The highest BCUT2D eigenvalue weighted by atomic mass is 16.5. The summed E-state index contributed by atoms with van der Waals surface area (Å²) in [6.45, 7) is 5.71. The minimum Gasteiger partial charge on any atom is -0.473 e. The van der Waals surface area contributed by atoms with Crippen molar-refractivity contribution in [3.05, 3.63) is 29.6 Å². The summed E-state index contributed by atoms with van der Waals surface area (Å²) in [6.07, 6.45) is 4.71. The van der Waals surface area contributed by atoms with E-state index in [2.05, 4.69) is 39.6 Å². The van der Waals surface area contributed by atoms with Crippen LogP contribution in [0.5, 0.6) is 5.88 Å². The van der Waals surface area contributed by atoms with Gasteiger partial charge in [0, 0.05) is 30.2 Å². The third kappa shape index (κ3) is 3.72. The number of nitrogens with zero attached hydrogens (tertiary/aromatic N) is 3. The van der Waals surface area contributed by atoms with Gasteiger partial charge in [-0.2, -0.15) is 10.2 Å². The second kappa shape index (κ2) is 6.98. The highest BCUT2D eigenvalue weighted by Crippen LogP contribution is 2.37. The third-order valence-corrected chi connectivity index (χ3v) is 4.34. The van der Waals surface area contributed by atoms with Crippen LogP contribution in [-0.2, 0) is 4.79 Å².